The van der Waals surface area contributed by atoms with Crippen molar-refractivity contribution in [3.05, 3.63) is 28.8 Å². The van der Waals surface area contributed by atoms with Crippen LogP contribution in [-0.4, -0.2) is 12.1 Å². The largest absolute Gasteiger partial charge is 0.493 e. The Bertz CT molecular complexity index is 621. The van der Waals surface area contributed by atoms with E-state index in [0.717, 1.165) is 12.4 Å². The zero-order valence-corrected chi connectivity index (χ0v) is 16.0. The minimum atomic E-state index is 0.181. The minimum absolute atomic E-state index is 0.181. The average molecular weight is 328 g/mol. The van der Waals surface area contributed by atoms with Crippen molar-refractivity contribution in [2.24, 2.45) is 0 Å². The van der Waals surface area contributed by atoms with E-state index in [1.165, 1.54) is 54.5 Å². The predicted molar refractivity (Wildman–Crippen MR) is 104 cm³/mol. The molecule has 1 spiro atoms. The Labute approximate surface area is 147 Å². The van der Waals surface area contributed by atoms with Crippen molar-refractivity contribution in [1.82, 2.24) is 0 Å². The third-order valence-electron chi connectivity index (χ3n) is 5.57. The van der Waals surface area contributed by atoms with E-state index >= 15 is 0 Å². The molecule has 0 unspecified atom stereocenters. The topological polar surface area (TPSA) is 21.3 Å². The number of benzene rings is 1. The first-order valence-electron chi connectivity index (χ1n) is 9.78. The highest BCUT2D eigenvalue weighted by Crippen LogP contribution is 2.46. The summed E-state index contributed by atoms with van der Waals surface area (Å²) in [5, 5.41) is 3.93. The molecule has 2 nitrogen and oxygen atoms in total. The van der Waals surface area contributed by atoms with Gasteiger partial charge in [-0.1, -0.05) is 59.1 Å². The monoisotopic (exact) mass is 327 g/mol. The van der Waals surface area contributed by atoms with Gasteiger partial charge in [0, 0.05) is 16.8 Å². The van der Waals surface area contributed by atoms with Gasteiger partial charge in [-0.15, -0.1) is 0 Å². The van der Waals surface area contributed by atoms with Crippen LogP contribution in [0, 0.1) is 0 Å². The van der Waals surface area contributed by atoms with Crippen molar-refractivity contribution in [3.8, 4) is 5.75 Å². The zero-order valence-electron chi connectivity index (χ0n) is 16.0. The molecule has 1 aliphatic heterocycles. The fourth-order valence-electron chi connectivity index (χ4n) is 4.34. The molecule has 0 atom stereocenters. The number of ether oxygens (including phenoxy) is 1. The number of anilines is 1. The maximum atomic E-state index is 6.13. The summed E-state index contributed by atoms with van der Waals surface area (Å²) in [5.41, 5.74) is 5.55. The van der Waals surface area contributed by atoms with E-state index in [9.17, 15) is 0 Å². The van der Waals surface area contributed by atoms with Crippen molar-refractivity contribution < 1.29 is 4.74 Å². The number of hydrogen-bond donors (Lipinski definition) is 1. The van der Waals surface area contributed by atoms with Crippen LogP contribution in [0.5, 0.6) is 5.75 Å². The van der Waals surface area contributed by atoms with Crippen LogP contribution in [0.3, 0.4) is 0 Å². The molecule has 1 fully saturated rings. The van der Waals surface area contributed by atoms with Gasteiger partial charge < -0.3 is 10.1 Å². The summed E-state index contributed by atoms with van der Waals surface area (Å²) in [6.45, 7) is 11.9. The SMILES string of the molecule is CCOc1c(C(C)C)cc2c(c1C(C)C)C=CC1(CCCCC1)N2. The van der Waals surface area contributed by atoms with Crippen molar-refractivity contribution >= 4 is 11.8 Å². The molecule has 0 bridgehead atoms. The van der Waals surface area contributed by atoms with Crippen LogP contribution >= 0.6 is 0 Å². The van der Waals surface area contributed by atoms with E-state index in [0.29, 0.717) is 11.8 Å². The summed E-state index contributed by atoms with van der Waals surface area (Å²) in [4.78, 5) is 0. The number of nitrogens with one attached hydrogen (secondary N) is 1. The molecule has 24 heavy (non-hydrogen) atoms. The smallest absolute Gasteiger partial charge is 0.126 e. The van der Waals surface area contributed by atoms with Crippen LogP contribution in [0.1, 0.15) is 95.2 Å². The molecule has 1 aromatic carbocycles. The van der Waals surface area contributed by atoms with Gasteiger partial charge in [0.2, 0.25) is 0 Å². The van der Waals surface area contributed by atoms with Crippen molar-refractivity contribution in [3.63, 3.8) is 0 Å². The molecule has 2 heteroatoms. The first kappa shape index (κ1) is 17.4. The standard InChI is InChI=1S/C22H33NO/c1-6-24-21-18(15(2)3)14-19-17(20(21)16(4)5)10-13-22(23-19)11-8-7-9-12-22/h10,13-16,23H,6-9,11-12H2,1-5H3. The Balaban J connectivity index is 2.13. The van der Waals surface area contributed by atoms with Gasteiger partial charge in [-0.3, -0.25) is 0 Å². The first-order chi connectivity index (χ1) is 11.5. The highest BCUT2D eigenvalue weighted by atomic mass is 16.5. The van der Waals surface area contributed by atoms with E-state index in [2.05, 4.69) is 58.2 Å². The minimum Gasteiger partial charge on any atom is -0.493 e. The molecule has 0 aromatic heterocycles. The number of fused-ring (bicyclic) bond motifs is 1. The van der Waals surface area contributed by atoms with E-state index in [-0.39, 0.29) is 5.54 Å². The van der Waals surface area contributed by atoms with E-state index in [1.54, 1.807) is 0 Å². The normalized spacial score (nSPS) is 18.8. The third-order valence-corrected chi connectivity index (χ3v) is 5.57. The highest BCUT2D eigenvalue weighted by Gasteiger charge is 2.34. The second kappa shape index (κ2) is 6.82. The van der Waals surface area contributed by atoms with Crippen molar-refractivity contribution in [2.45, 2.75) is 84.1 Å². The van der Waals surface area contributed by atoms with Gasteiger partial charge in [0.1, 0.15) is 5.75 Å². The van der Waals surface area contributed by atoms with Gasteiger partial charge in [-0.05, 0) is 43.2 Å². The van der Waals surface area contributed by atoms with Crippen LogP contribution in [-0.2, 0) is 0 Å². The number of rotatable bonds is 4. The molecule has 132 valence electrons. The summed E-state index contributed by atoms with van der Waals surface area (Å²) < 4.78 is 6.13. The molecule has 1 N–H and O–H groups in total. The highest BCUT2D eigenvalue weighted by molar-refractivity contribution is 5.79. The molecule has 1 aliphatic carbocycles. The molecule has 0 amide bonds. The van der Waals surface area contributed by atoms with E-state index < -0.39 is 0 Å². The Hall–Kier alpha value is -1.44. The van der Waals surface area contributed by atoms with Gasteiger partial charge in [0.05, 0.1) is 12.1 Å². The van der Waals surface area contributed by atoms with Gasteiger partial charge in [0.25, 0.3) is 0 Å². The second-order valence-corrected chi connectivity index (χ2v) is 8.09. The summed E-state index contributed by atoms with van der Waals surface area (Å²) in [6, 6.07) is 2.36. The maximum absolute atomic E-state index is 6.13. The van der Waals surface area contributed by atoms with Gasteiger partial charge in [-0.25, -0.2) is 0 Å². The second-order valence-electron chi connectivity index (χ2n) is 8.09. The lowest BCUT2D eigenvalue weighted by atomic mass is 9.77. The molecule has 3 rings (SSSR count). The van der Waals surface area contributed by atoms with Crippen LogP contribution in [0.15, 0.2) is 12.1 Å². The van der Waals surface area contributed by atoms with E-state index in [4.69, 9.17) is 4.74 Å². The molecular weight excluding hydrogens is 294 g/mol. The van der Waals surface area contributed by atoms with Crippen molar-refractivity contribution in [2.75, 3.05) is 11.9 Å². The van der Waals surface area contributed by atoms with Crippen LogP contribution in [0.25, 0.3) is 6.08 Å². The Morgan fingerprint density at radius 2 is 1.79 bits per heavy atom. The Kier molecular flexibility index (Phi) is 4.94. The Morgan fingerprint density at radius 1 is 1.08 bits per heavy atom. The lowest BCUT2D eigenvalue weighted by molar-refractivity contribution is 0.329. The molecule has 1 saturated carbocycles. The molecule has 1 heterocycles. The van der Waals surface area contributed by atoms with Crippen LogP contribution in [0.2, 0.25) is 0 Å². The van der Waals surface area contributed by atoms with Gasteiger partial charge >= 0.3 is 0 Å². The average Bonchev–Trinajstić information content (AvgIpc) is 2.54. The van der Waals surface area contributed by atoms with Crippen LogP contribution in [0.4, 0.5) is 5.69 Å². The molecular formula is C22H33NO. The molecule has 2 aliphatic rings. The third kappa shape index (κ3) is 3.08. The summed E-state index contributed by atoms with van der Waals surface area (Å²) in [7, 11) is 0. The lowest BCUT2D eigenvalue weighted by Gasteiger charge is -2.40. The van der Waals surface area contributed by atoms with E-state index in [1.807, 2.05) is 0 Å². The molecule has 0 saturated heterocycles. The fourth-order valence-corrected chi connectivity index (χ4v) is 4.34. The number of hydrogen-bond acceptors (Lipinski definition) is 2. The predicted octanol–water partition coefficient (Wildman–Crippen LogP) is 6.47. The van der Waals surface area contributed by atoms with Gasteiger partial charge in [0.15, 0.2) is 0 Å². The summed E-state index contributed by atoms with van der Waals surface area (Å²) in [6.07, 6.45) is 11.4. The quantitative estimate of drug-likeness (QED) is 0.684. The van der Waals surface area contributed by atoms with Crippen LogP contribution < -0.4 is 10.1 Å². The van der Waals surface area contributed by atoms with Crippen molar-refractivity contribution in [1.29, 1.82) is 0 Å². The molecule has 1 aromatic rings. The molecule has 0 radical (unpaired) electrons. The first-order valence-corrected chi connectivity index (χ1v) is 9.78. The lowest BCUT2D eigenvalue weighted by Crippen LogP contribution is -2.40. The Morgan fingerprint density at radius 3 is 2.38 bits per heavy atom. The summed E-state index contributed by atoms with van der Waals surface area (Å²) >= 11 is 0. The van der Waals surface area contributed by atoms with Gasteiger partial charge in [-0.2, -0.15) is 0 Å². The summed E-state index contributed by atoms with van der Waals surface area (Å²) in [5.74, 6) is 2.03. The maximum Gasteiger partial charge on any atom is 0.126 e. The fraction of sp³-hybridized carbons (Fsp3) is 0.636. The zero-order chi connectivity index (χ0) is 17.3.